The Hall–Kier alpha value is -1.29. The Balaban J connectivity index is 2.14. The van der Waals surface area contributed by atoms with Crippen molar-refractivity contribution in [1.29, 1.82) is 0 Å². The van der Waals surface area contributed by atoms with Gasteiger partial charge in [0.1, 0.15) is 11.6 Å². The number of amides is 1. The Morgan fingerprint density at radius 2 is 2.29 bits per heavy atom. The van der Waals surface area contributed by atoms with Crippen LogP contribution in [-0.4, -0.2) is 24.4 Å². The van der Waals surface area contributed by atoms with Crippen LogP contribution in [0.15, 0.2) is 18.2 Å². The summed E-state index contributed by atoms with van der Waals surface area (Å²) >= 11 is 5.75. The molecule has 1 aromatic carbocycles. The third-order valence-corrected chi connectivity index (χ3v) is 3.42. The van der Waals surface area contributed by atoms with Gasteiger partial charge in [-0.15, -0.1) is 11.6 Å². The van der Waals surface area contributed by atoms with Crippen molar-refractivity contribution in [3.63, 3.8) is 0 Å². The quantitative estimate of drug-likeness (QED) is 0.841. The smallest absolute Gasteiger partial charge is 0.254 e. The molecular weight excluding hydrogens is 245 g/mol. The number of methoxy groups -OCH3 is 1. The zero-order chi connectivity index (χ0) is 12.5. The lowest BCUT2D eigenvalue weighted by molar-refractivity contribution is 0.0932. The van der Waals surface area contributed by atoms with E-state index >= 15 is 0 Å². The molecule has 2 rings (SSSR count). The van der Waals surface area contributed by atoms with Gasteiger partial charge in [0.25, 0.3) is 5.91 Å². The van der Waals surface area contributed by atoms with E-state index in [0.29, 0.717) is 11.6 Å². The number of carbonyl (C=O) groups excluding carboxylic acids is 1. The molecule has 1 fully saturated rings. The van der Waals surface area contributed by atoms with Gasteiger partial charge in [0.2, 0.25) is 0 Å². The number of benzene rings is 1. The summed E-state index contributed by atoms with van der Waals surface area (Å²) in [6.45, 7) is 0. The normalized spacial score (nSPS) is 16.4. The lowest BCUT2D eigenvalue weighted by Crippen LogP contribution is -2.38. The number of nitrogens with one attached hydrogen (secondary N) is 1. The fraction of sp³-hybridized carbons (Fsp3) is 0.417. The summed E-state index contributed by atoms with van der Waals surface area (Å²) in [5.41, 5.74) is -0.312. The van der Waals surface area contributed by atoms with E-state index in [-0.39, 0.29) is 11.1 Å². The molecule has 0 radical (unpaired) electrons. The first-order valence-corrected chi connectivity index (χ1v) is 5.86. The molecule has 1 saturated carbocycles. The molecule has 0 unspecified atom stereocenters. The fourth-order valence-electron chi connectivity index (χ4n) is 1.56. The van der Waals surface area contributed by atoms with Crippen molar-refractivity contribution in [2.45, 2.75) is 18.4 Å². The third kappa shape index (κ3) is 2.52. The van der Waals surface area contributed by atoms with Crippen LogP contribution in [0, 0.1) is 5.82 Å². The van der Waals surface area contributed by atoms with Crippen molar-refractivity contribution in [3.05, 3.63) is 29.6 Å². The van der Waals surface area contributed by atoms with Gasteiger partial charge in [0.05, 0.1) is 18.2 Å². The van der Waals surface area contributed by atoms with Crippen molar-refractivity contribution in [2.24, 2.45) is 0 Å². The van der Waals surface area contributed by atoms with Crippen molar-refractivity contribution >= 4 is 17.5 Å². The molecule has 0 heterocycles. The van der Waals surface area contributed by atoms with Crippen LogP contribution in [-0.2, 0) is 0 Å². The largest absolute Gasteiger partial charge is 0.497 e. The first-order chi connectivity index (χ1) is 8.10. The van der Waals surface area contributed by atoms with E-state index in [4.69, 9.17) is 16.3 Å². The minimum absolute atomic E-state index is 0.0159. The van der Waals surface area contributed by atoms with Crippen LogP contribution in [0.2, 0.25) is 0 Å². The molecule has 0 bridgehead atoms. The van der Waals surface area contributed by atoms with Gasteiger partial charge >= 0.3 is 0 Å². The van der Waals surface area contributed by atoms with Crippen LogP contribution in [0.1, 0.15) is 23.2 Å². The van der Waals surface area contributed by atoms with Crippen molar-refractivity contribution < 1.29 is 13.9 Å². The molecule has 3 nitrogen and oxygen atoms in total. The van der Waals surface area contributed by atoms with Crippen LogP contribution in [0.5, 0.6) is 5.75 Å². The van der Waals surface area contributed by atoms with Gasteiger partial charge in [0.15, 0.2) is 0 Å². The first kappa shape index (κ1) is 12.2. The zero-order valence-electron chi connectivity index (χ0n) is 9.43. The van der Waals surface area contributed by atoms with Crippen molar-refractivity contribution in [3.8, 4) is 5.75 Å². The molecule has 92 valence electrons. The highest BCUT2D eigenvalue weighted by atomic mass is 35.5. The summed E-state index contributed by atoms with van der Waals surface area (Å²) in [4.78, 5) is 11.8. The molecule has 0 spiro atoms. The number of hydrogen-bond donors (Lipinski definition) is 1. The van der Waals surface area contributed by atoms with Gasteiger partial charge in [-0.05, 0) is 25.0 Å². The van der Waals surface area contributed by atoms with Crippen molar-refractivity contribution in [1.82, 2.24) is 5.32 Å². The Bertz CT molecular complexity index is 446. The third-order valence-electron chi connectivity index (χ3n) is 2.91. The average molecular weight is 258 g/mol. The standard InChI is InChI=1S/C12H13ClFNO2/c1-17-8-2-3-9(10(14)6-8)11(16)15-12(7-13)4-5-12/h2-3,6H,4-5,7H2,1H3,(H,15,16). The van der Waals surface area contributed by atoms with Crippen molar-refractivity contribution in [2.75, 3.05) is 13.0 Å². The van der Waals surface area contributed by atoms with E-state index in [2.05, 4.69) is 5.32 Å². The molecule has 0 aromatic heterocycles. The van der Waals surface area contributed by atoms with Gasteiger partial charge in [-0.3, -0.25) is 4.79 Å². The number of halogens is 2. The molecule has 1 aliphatic rings. The monoisotopic (exact) mass is 257 g/mol. The Kier molecular flexibility index (Phi) is 3.24. The number of carbonyl (C=O) groups is 1. The maximum atomic E-state index is 13.6. The Labute approximate surface area is 104 Å². The Morgan fingerprint density at radius 1 is 1.59 bits per heavy atom. The highest BCUT2D eigenvalue weighted by Gasteiger charge is 2.43. The minimum atomic E-state index is -0.591. The van der Waals surface area contributed by atoms with Crippen LogP contribution in [0.4, 0.5) is 4.39 Å². The summed E-state index contributed by atoms with van der Waals surface area (Å²) in [6.07, 6.45) is 1.69. The molecule has 0 saturated heterocycles. The maximum Gasteiger partial charge on any atom is 0.254 e. The number of alkyl halides is 1. The van der Waals surface area contributed by atoms with E-state index in [9.17, 15) is 9.18 Å². The van der Waals surface area contributed by atoms with Gasteiger partial charge in [-0.1, -0.05) is 0 Å². The van der Waals surface area contributed by atoms with Gasteiger partial charge < -0.3 is 10.1 Å². The second-order valence-corrected chi connectivity index (χ2v) is 4.48. The SMILES string of the molecule is COc1ccc(C(=O)NC2(CCl)CC2)c(F)c1. The first-order valence-electron chi connectivity index (χ1n) is 5.32. The lowest BCUT2D eigenvalue weighted by Gasteiger charge is -2.14. The maximum absolute atomic E-state index is 13.6. The Morgan fingerprint density at radius 3 is 2.76 bits per heavy atom. The predicted molar refractivity (Wildman–Crippen MR) is 63.1 cm³/mol. The topological polar surface area (TPSA) is 38.3 Å². The summed E-state index contributed by atoms with van der Waals surface area (Å²) in [6, 6.07) is 4.15. The molecule has 0 atom stereocenters. The van der Waals surface area contributed by atoms with Gasteiger partial charge in [0, 0.05) is 11.9 Å². The molecule has 1 aromatic rings. The second-order valence-electron chi connectivity index (χ2n) is 4.21. The summed E-state index contributed by atoms with van der Waals surface area (Å²) in [5.74, 6) is -0.274. The predicted octanol–water partition coefficient (Wildman–Crippen LogP) is 2.34. The van der Waals surface area contributed by atoms with Gasteiger partial charge in [-0.25, -0.2) is 4.39 Å². The molecule has 1 amide bonds. The van der Waals surface area contributed by atoms with Gasteiger partial charge in [-0.2, -0.15) is 0 Å². The molecule has 1 aliphatic carbocycles. The fourth-order valence-corrected chi connectivity index (χ4v) is 1.89. The van der Waals surface area contributed by atoms with E-state index in [1.165, 1.54) is 19.2 Å². The minimum Gasteiger partial charge on any atom is -0.497 e. The van der Waals surface area contributed by atoms with Crippen LogP contribution in [0.3, 0.4) is 0 Å². The average Bonchev–Trinajstić information content (AvgIpc) is 3.09. The van der Waals surface area contributed by atoms with Crippen LogP contribution >= 0.6 is 11.6 Å². The molecular formula is C12H13ClFNO2. The highest BCUT2D eigenvalue weighted by Crippen LogP contribution is 2.36. The summed E-state index contributed by atoms with van der Waals surface area (Å²) in [7, 11) is 1.45. The molecule has 0 aliphatic heterocycles. The lowest BCUT2D eigenvalue weighted by atomic mass is 10.1. The summed E-state index contributed by atoms with van der Waals surface area (Å²) in [5, 5.41) is 2.76. The number of ether oxygens (including phenoxy) is 1. The van der Waals surface area contributed by atoms with E-state index in [1.54, 1.807) is 6.07 Å². The van der Waals surface area contributed by atoms with E-state index in [0.717, 1.165) is 12.8 Å². The second kappa shape index (κ2) is 4.53. The van der Waals surface area contributed by atoms with E-state index in [1.807, 2.05) is 0 Å². The molecule has 5 heteroatoms. The zero-order valence-corrected chi connectivity index (χ0v) is 10.2. The van der Waals surface area contributed by atoms with Crippen LogP contribution < -0.4 is 10.1 Å². The molecule has 17 heavy (non-hydrogen) atoms. The summed E-state index contributed by atoms with van der Waals surface area (Å²) < 4.78 is 18.5. The number of rotatable bonds is 4. The van der Waals surface area contributed by atoms with E-state index < -0.39 is 11.7 Å². The number of hydrogen-bond acceptors (Lipinski definition) is 2. The van der Waals surface area contributed by atoms with Crippen LogP contribution in [0.25, 0.3) is 0 Å². The highest BCUT2D eigenvalue weighted by molar-refractivity contribution is 6.19. The molecule has 1 N–H and O–H groups in total.